The molecule has 2 aromatic carbocycles. The SMILES string of the molecule is CN[C@@H](C)C(=O)N[C@H]1CCCCC2CC[C@@H](C(=O)N[C@@H](c3ccccc3)c3cn(CCCCc4ccc(CCCCn5cc(C)nn5)cc4)nn3)N2C1=O. The van der Waals surface area contributed by atoms with E-state index in [0.29, 0.717) is 18.5 Å². The summed E-state index contributed by atoms with van der Waals surface area (Å²) in [5, 5.41) is 26.3. The van der Waals surface area contributed by atoms with Crippen molar-refractivity contribution in [3.8, 4) is 0 Å². The van der Waals surface area contributed by atoms with Crippen molar-refractivity contribution in [3.05, 3.63) is 95.1 Å². The topological polar surface area (TPSA) is 152 Å². The molecule has 54 heavy (non-hydrogen) atoms. The number of benzene rings is 2. The molecule has 5 atom stereocenters. The lowest BCUT2D eigenvalue weighted by Gasteiger charge is -2.36. The molecule has 2 aliphatic rings. The largest absolute Gasteiger partial charge is 0.343 e. The number of aryl methyl sites for hydroxylation is 5. The molecule has 0 bridgehead atoms. The van der Waals surface area contributed by atoms with Crippen LogP contribution in [0.25, 0.3) is 0 Å². The standard InChI is InChI=1S/C41H56N10O3/c1-29-27-49(47-45-29)25-11-9-13-31-19-21-32(22-20-31)14-10-12-26-50-28-36(46-48-50)38(33-15-5-4-6-16-33)44-40(53)37-24-23-34-17-7-8-18-35(41(54)51(34)37)43-39(52)30(2)42-3/h4-6,15-16,19-22,27-28,30,34-35,37-38,42H,7-14,17-18,23-26H2,1-3H3,(H,43,52)(H,44,53)/t30-,34?,35-,37-,38-/m0/s1. The van der Waals surface area contributed by atoms with Crippen LogP contribution in [0.3, 0.4) is 0 Å². The van der Waals surface area contributed by atoms with Crippen molar-refractivity contribution in [2.75, 3.05) is 7.05 Å². The lowest BCUT2D eigenvalue weighted by molar-refractivity contribution is -0.144. The predicted octanol–water partition coefficient (Wildman–Crippen LogP) is 4.46. The van der Waals surface area contributed by atoms with E-state index in [1.807, 2.05) is 59.0 Å². The van der Waals surface area contributed by atoms with Crippen molar-refractivity contribution < 1.29 is 14.4 Å². The number of rotatable bonds is 17. The van der Waals surface area contributed by atoms with Gasteiger partial charge in [-0.15, -0.1) is 10.2 Å². The Labute approximate surface area is 318 Å². The smallest absolute Gasteiger partial charge is 0.246 e. The van der Waals surface area contributed by atoms with E-state index in [0.717, 1.165) is 88.6 Å². The van der Waals surface area contributed by atoms with Crippen LogP contribution in [0.15, 0.2) is 67.0 Å². The number of nitrogens with zero attached hydrogens (tertiary/aromatic N) is 7. The van der Waals surface area contributed by atoms with E-state index in [1.54, 1.807) is 18.9 Å². The molecule has 2 aromatic heterocycles. The molecule has 2 fully saturated rings. The molecule has 3 N–H and O–H groups in total. The number of nitrogens with one attached hydrogen (secondary N) is 3. The maximum atomic E-state index is 14.1. The third-order valence-electron chi connectivity index (χ3n) is 10.9. The van der Waals surface area contributed by atoms with Crippen molar-refractivity contribution >= 4 is 17.7 Å². The molecule has 0 saturated carbocycles. The van der Waals surface area contributed by atoms with Crippen LogP contribution in [0.4, 0.5) is 0 Å². The number of fused-ring (bicyclic) bond motifs is 1. The average molecular weight is 737 g/mol. The fourth-order valence-electron chi connectivity index (χ4n) is 7.70. The summed E-state index contributed by atoms with van der Waals surface area (Å²) in [6.45, 7) is 5.35. The van der Waals surface area contributed by atoms with Crippen LogP contribution in [0, 0.1) is 6.92 Å². The summed E-state index contributed by atoms with van der Waals surface area (Å²) in [7, 11) is 1.72. The minimum absolute atomic E-state index is 0.0187. The number of hydrogen-bond acceptors (Lipinski definition) is 8. The van der Waals surface area contributed by atoms with Gasteiger partial charge in [0.2, 0.25) is 17.7 Å². The molecule has 0 radical (unpaired) electrons. The minimum atomic E-state index is -0.648. The Hall–Kier alpha value is -4.91. The zero-order valence-electron chi connectivity index (χ0n) is 32.0. The number of hydrogen-bond donors (Lipinski definition) is 3. The molecule has 1 unspecified atom stereocenters. The predicted molar refractivity (Wildman–Crippen MR) is 206 cm³/mol. The normalized spacial score (nSPS) is 19.8. The quantitative estimate of drug-likeness (QED) is 0.135. The maximum Gasteiger partial charge on any atom is 0.246 e. The molecular weight excluding hydrogens is 681 g/mol. The van der Waals surface area contributed by atoms with Crippen LogP contribution in [0.2, 0.25) is 0 Å². The molecule has 2 aliphatic heterocycles. The number of carbonyl (C=O) groups excluding carboxylic acids is 3. The van der Waals surface area contributed by atoms with Crippen molar-refractivity contribution in [2.24, 2.45) is 0 Å². The molecule has 4 heterocycles. The summed E-state index contributed by atoms with van der Waals surface area (Å²) >= 11 is 0. The zero-order valence-corrected chi connectivity index (χ0v) is 32.0. The summed E-state index contributed by atoms with van der Waals surface area (Å²) in [6.07, 6.45) is 14.7. The molecule has 0 aliphatic carbocycles. The first-order valence-electron chi connectivity index (χ1n) is 19.8. The number of likely N-dealkylation sites (N-methyl/N-ethyl adjacent to an activating group) is 1. The van der Waals surface area contributed by atoms with E-state index in [-0.39, 0.29) is 23.8 Å². The molecule has 3 amide bonds. The summed E-state index contributed by atoms with van der Waals surface area (Å²) in [6, 6.07) is 16.5. The molecule has 288 valence electrons. The summed E-state index contributed by atoms with van der Waals surface area (Å²) in [4.78, 5) is 42.6. The Morgan fingerprint density at radius 3 is 2.11 bits per heavy atom. The van der Waals surface area contributed by atoms with Gasteiger partial charge in [0.15, 0.2) is 0 Å². The Morgan fingerprint density at radius 2 is 1.46 bits per heavy atom. The van der Waals surface area contributed by atoms with E-state index in [2.05, 4.69) is 60.8 Å². The Balaban J connectivity index is 1.02. The van der Waals surface area contributed by atoms with Gasteiger partial charge in [-0.1, -0.05) is 77.9 Å². The van der Waals surface area contributed by atoms with Crippen molar-refractivity contribution in [3.63, 3.8) is 0 Å². The number of amides is 3. The Kier molecular flexibility index (Phi) is 13.6. The lowest BCUT2D eigenvalue weighted by Crippen LogP contribution is -2.58. The highest BCUT2D eigenvalue weighted by Gasteiger charge is 2.44. The van der Waals surface area contributed by atoms with Gasteiger partial charge in [-0.2, -0.15) is 0 Å². The van der Waals surface area contributed by atoms with E-state index >= 15 is 0 Å². The van der Waals surface area contributed by atoms with Gasteiger partial charge in [-0.05, 0) is 102 Å². The second-order valence-corrected chi connectivity index (χ2v) is 15.0. The molecule has 4 aromatic rings. The molecule has 0 spiro atoms. The summed E-state index contributed by atoms with van der Waals surface area (Å²) in [5.74, 6) is -0.596. The third kappa shape index (κ3) is 10.2. The fraction of sp³-hybridized carbons (Fsp3) is 0.537. The monoisotopic (exact) mass is 736 g/mol. The van der Waals surface area contributed by atoms with Crippen LogP contribution in [0.1, 0.15) is 105 Å². The van der Waals surface area contributed by atoms with E-state index in [9.17, 15) is 14.4 Å². The summed E-state index contributed by atoms with van der Waals surface area (Å²) < 4.78 is 3.77. The number of carbonyl (C=O) groups is 3. The highest BCUT2D eigenvalue weighted by Crippen LogP contribution is 2.32. The minimum Gasteiger partial charge on any atom is -0.343 e. The van der Waals surface area contributed by atoms with Crippen LogP contribution < -0.4 is 16.0 Å². The van der Waals surface area contributed by atoms with Crippen LogP contribution >= 0.6 is 0 Å². The second-order valence-electron chi connectivity index (χ2n) is 15.0. The van der Waals surface area contributed by atoms with E-state index < -0.39 is 24.2 Å². The first kappa shape index (κ1) is 38.8. The van der Waals surface area contributed by atoms with Crippen molar-refractivity contribution in [1.82, 2.24) is 50.8 Å². The highest BCUT2D eigenvalue weighted by atomic mass is 16.2. The van der Waals surface area contributed by atoms with E-state index in [4.69, 9.17) is 0 Å². The van der Waals surface area contributed by atoms with Crippen LogP contribution in [-0.4, -0.2) is 83.8 Å². The van der Waals surface area contributed by atoms with Gasteiger partial charge in [0.25, 0.3) is 0 Å². The van der Waals surface area contributed by atoms with Crippen molar-refractivity contribution in [2.45, 2.75) is 134 Å². The first-order chi connectivity index (χ1) is 26.3. The van der Waals surface area contributed by atoms with Crippen molar-refractivity contribution in [1.29, 1.82) is 0 Å². The Bertz CT molecular complexity index is 1810. The third-order valence-corrected chi connectivity index (χ3v) is 10.9. The van der Waals surface area contributed by atoms with Crippen LogP contribution in [-0.2, 0) is 40.3 Å². The summed E-state index contributed by atoms with van der Waals surface area (Å²) in [5.41, 5.74) is 5.19. The van der Waals surface area contributed by atoms with Gasteiger partial charge in [0, 0.05) is 25.3 Å². The number of aromatic nitrogens is 6. The number of unbranched alkanes of at least 4 members (excludes halogenated alkanes) is 2. The van der Waals surface area contributed by atoms with Crippen LogP contribution in [0.5, 0.6) is 0 Å². The van der Waals surface area contributed by atoms with Gasteiger partial charge < -0.3 is 20.9 Å². The van der Waals surface area contributed by atoms with Gasteiger partial charge in [0.1, 0.15) is 17.8 Å². The average Bonchev–Trinajstić information content (AvgIpc) is 3.95. The fourth-order valence-corrected chi connectivity index (χ4v) is 7.70. The second kappa shape index (κ2) is 18.9. The maximum absolute atomic E-state index is 14.1. The zero-order chi connectivity index (χ0) is 37.9. The lowest BCUT2D eigenvalue weighted by atomic mass is 9.98. The van der Waals surface area contributed by atoms with Gasteiger partial charge in [-0.3, -0.25) is 23.7 Å². The molecule has 13 heteroatoms. The molecule has 6 rings (SSSR count). The van der Waals surface area contributed by atoms with Gasteiger partial charge in [0.05, 0.1) is 24.0 Å². The molecule has 13 nitrogen and oxygen atoms in total. The van der Waals surface area contributed by atoms with Gasteiger partial charge in [-0.25, -0.2) is 0 Å². The van der Waals surface area contributed by atoms with Gasteiger partial charge >= 0.3 is 0 Å². The Morgan fingerprint density at radius 1 is 0.815 bits per heavy atom. The highest BCUT2D eigenvalue weighted by molar-refractivity contribution is 5.94. The molecular formula is C41H56N10O3. The molecule has 2 saturated heterocycles. The van der Waals surface area contributed by atoms with E-state index in [1.165, 1.54) is 11.1 Å². The first-order valence-corrected chi connectivity index (χ1v) is 19.8.